The third-order valence-electron chi connectivity index (χ3n) is 3.30. The Morgan fingerprint density at radius 2 is 2.39 bits per heavy atom. The van der Waals surface area contributed by atoms with Gasteiger partial charge in [0.05, 0.1) is 7.11 Å². The number of hydrogen-bond acceptors (Lipinski definition) is 3. The number of carbonyl (C=O) groups is 1. The van der Waals surface area contributed by atoms with Gasteiger partial charge in [0.25, 0.3) is 5.91 Å². The lowest BCUT2D eigenvalue weighted by Gasteiger charge is -2.37. The van der Waals surface area contributed by atoms with E-state index in [1.54, 1.807) is 18.3 Å². The normalized spacial score (nSPS) is 15.0. The predicted molar refractivity (Wildman–Crippen MR) is 73.3 cm³/mol. The van der Waals surface area contributed by atoms with Crippen LogP contribution in [0.5, 0.6) is 5.88 Å². The maximum atomic E-state index is 12.5. The van der Waals surface area contributed by atoms with Gasteiger partial charge in [-0.3, -0.25) is 4.79 Å². The van der Waals surface area contributed by atoms with Crippen molar-refractivity contribution in [3.8, 4) is 5.88 Å². The summed E-state index contributed by atoms with van der Waals surface area (Å²) in [6.07, 6.45) is 5.04. The summed E-state index contributed by atoms with van der Waals surface area (Å²) in [6.45, 7) is 0.724. The monoisotopic (exact) mass is 312 g/mol. The third kappa shape index (κ3) is 2.66. The van der Waals surface area contributed by atoms with Crippen molar-refractivity contribution in [2.24, 2.45) is 0 Å². The van der Waals surface area contributed by atoms with Crippen molar-refractivity contribution in [2.75, 3.05) is 19.0 Å². The molecule has 98 valence electrons. The average Bonchev–Trinajstić information content (AvgIpc) is 2.35. The average molecular weight is 313 g/mol. The second kappa shape index (κ2) is 6.18. The number of pyridine rings is 1. The zero-order valence-electron chi connectivity index (χ0n) is 10.4. The lowest BCUT2D eigenvalue weighted by atomic mass is 9.91. The molecule has 2 rings (SSSR count). The first-order valence-electron chi connectivity index (χ1n) is 6.14. The van der Waals surface area contributed by atoms with Crippen LogP contribution in [0.4, 0.5) is 0 Å². The molecule has 18 heavy (non-hydrogen) atoms. The smallest absolute Gasteiger partial charge is 0.259 e. The molecule has 1 aliphatic carbocycles. The number of hydrogen-bond donors (Lipinski definition) is 0. The summed E-state index contributed by atoms with van der Waals surface area (Å²) < 4.78 is 5.16. The zero-order chi connectivity index (χ0) is 13.0. The minimum absolute atomic E-state index is 0.0177. The van der Waals surface area contributed by atoms with Crippen LogP contribution in [0.2, 0.25) is 0 Å². The molecule has 1 saturated carbocycles. The molecule has 0 aliphatic heterocycles. The maximum Gasteiger partial charge on any atom is 0.259 e. The quantitative estimate of drug-likeness (QED) is 0.784. The van der Waals surface area contributed by atoms with E-state index in [2.05, 4.69) is 20.9 Å². The second-order valence-electron chi connectivity index (χ2n) is 4.33. The van der Waals surface area contributed by atoms with Crippen LogP contribution in [0.15, 0.2) is 18.3 Å². The highest BCUT2D eigenvalue weighted by Gasteiger charge is 2.30. The Kier molecular flexibility index (Phi) is 4.58. The Morgan fingerprint density at radius 1 is 1.61 bits per heavy atom. The molecule has 1 aliphatic rings. The molecule has 5 heteroatoms. The molecule has 4 nitrogen and oxygen atoms in total. The standard InChI is InChI=1S/C13H17BrN2O2/c1-18-12-11(6-3-8-15-12)13(17)16(9-7-14)10-4-2-5-10/h3,6,8,10H,2,4-5,7,9H2,1H3. The summed E-state index contributed by atoms with van der Waals surface area (Å²) in [6, 6.07) is 3.91. The van der Waals surface area contributed by atoms with Gasteiger partial charge in [0.15, 0.2) is 0 Å². The van der Waals surface area contributed by atoms with Gasteiger partial charge in [-0.15, -0.1) is 0 Å². The van der Waals surface area contributed by atoms with Gasteiger partial charge >= 0.3 is 0 Å². The van der Waals surface area contributed by atoms with Crippen molar-refractivity contribution < 1.29 is 9.53 Å². The third-order valence-corrected chi connectivity index (χ3v) is 3.65. The molecule has 1 heterocycles. The van der Waals surface area contributed by atoms with Crippen molar-refractivity contribution in [2.45, 2.75) is 25.3 Å². The highest BCUT2D eigenvalue weighted by atomic mass is 79.9. The van der Waals surface area contributed by atoms with Crippen LogP contribution >= 0.6 is 15.9 Å². The second-order valence-corrected chi connectivity index (χ2v) is 5.13. The van der Waals surface area contributed by atoms with Crippen LogP contribution in [-0.2, 0) is 0 Å². The number of halogens is 1. The summed E-state index contributed by atoms with van der Waals surface area (Å²) in [7, 11) is 1.54. The van der Waals surface area contributed by atoms with Crippen molar-refractivity contribution >= 4 is 21.8 Å². The topological polar surface area (TPSA) is 42.4 Å². The van der Waals surface area contributed by atoms with Crippen molar-refractivity contribution in [3.63, 3.8) is 0 Å². The number of amides is 1. The fourth-order valence-electron chi connectivity index (χ4n) is 2.11. The van der Waals surface area contributed by atoms with Crippen LogP contribution in [0.1, 0.15) is 29.6 Å². The summed E-state index contributed by atoms with van der Waals surface area (Å²) in [5.41, 5.74) is 0.549. The molecular weight excluding hydrogens is 296 g/mol. The Bertz CT molecular complexity index is 421. The number of carbonyl (C=O) groups excluding carboxylic acids is 1. The molecule has 0 aromatic carbocycles. The van der Waals surface area contributed by atoms with Gasteiger partial charge in [-0.1, -0.05) is 15.9 Å². The van der Waals surface area contributed by atoms with Gasteiger partial charge in [-0.05, 0) is 31.4 Å². The van der Waals surface area contributed by atoms with Gasteiger partial charge in [-0.25, -0.2) is 4.98 Å². The maximum absolute atomic E-state index is 12.5. The SMILES string of the molecule is COc1ncccc1C(=O)N(CCBr)C1CCC1. The molecule has 0 atom stereocenters. The van der Waals surface area contributed by atoms with E-state index in [1.807, 2.05) is 4.90 Å². The minimum atomic E-state index is 0.0177. The molecule has 0 bridgehead atoms. The van der Waals surface area contributed by atoms with Crippen molar-refractivity contribution in [1.29, 1.82) is 0 Å². The van der Waals surface area contributed by atoms with Gasteiger partial charge in [0.2, 0.25) is 5.88 Å². The number of ether oxygens (including phenoxy) is 1. The van der Waals surface area contributed by atoms with E-state index in [9.17, 15) is 4.79 Å². The first-order chi connectivity index (χ1) is 8.77. The van der Waals surface area contributed by atoms with Crippen molar-refractivity contribution in [3.05, 3.63) is 23.9 Å². The fraction of sp³-hybridized carbons (Fsp3) is 0.538. The number of methoxy groups -OCH3 is 1. The lowest BCUT2D eigenvalue weighted by Crippen LogP contribution is -2.45. The molecule has 1 aromatic heterocycles. The zero-order valence-corrected chi connectivity index (χ0v) is 12.0. The summed E-state index contributed by atoms with van der Waals surface area (Å²) >= 11 is 3.41. The van der Waals surface area contributed by atoms with E-state index in [0.29, 0.717) is 17.5 Å². The molecule has 1 fully saturated rings. The summed E-state index contributed by atoms with van der Waals surface area (Å²) in [5, 5.41) is 0.790. The molecule has 0 saturated heterocycles. The number of aromatic nitrogens is 1. The van der Waals surface area contributed by atoms with Crippen molar-refractivity contribution in [1.82, 2.24) is 9.88 Å². The van der Waals surface area contributed by atoms with Crippen LogP contribution in [0.25, 0.3) is 0 Å². The lowest BCUT2D eigenvalue weighted by molar-refractivity contribution is 0.0595. The Morgan fingerprint density at radius 3 is 2.94 bits per heavy atom. The highest BCUT2D eigenvalue weighted by molar-refractivity contribution is 9.09. The van der Waals surface area contributed by atoms with Crippen LogP contribution in [0.3, 0.4) is 0 Å². The van der Waals surface area contributed by atoms with E-state index >= 15 is 0 Å². The first-order valence-corrected chi connectivity index (χ1v) is 7.26. The Balaban J connectivity index is 2.21. The highest BCUT2D eigenvalue weighted by Crippen LogP contribution is 2.27. The summed E-state index contributed by atoms with van der Waals surface area (Å²) in [4.78, 5) is 18.5. The molecule has 1 amide bonds. The molecule has 0 spiro atoms. The van der Waals surface area contributed by atoms with E-state index in [0.717, 1.165) is 24.7 Å². The van der Waals surface area contributed by atoms with Crippen LogP contribution in [-0.4, -0.2) is 40.8 Å². The minimum Gasteiger partial charge on any atom is -0.480 e. The fourth-order valence-corrected chi connectivity index (χ4v) is 2.49. The van der Waals surface area contributed by atoms with E-state index < -0.39 is 0 Å². The molecular formula is C13H17BrN2O2. The van der Waals surface area contributed by atoms with Crippen LogP contribution < -0.4 is 4.74 Å². The number of nitrogens with zero attached hydrogens (tertiary/aromatic N) is 2. The number of rotatable bonds is 5. The Labute approximate surface area is 115 Å². The molecule has 0 radical (unpaired) electrons. The molecule has 0 unspecified atom stereocenters. The number of alkyl halides is 1. The predicted octanol–water partition coefficient (Wildman–Crippen LogP) is 2.48. The van der Waals surface area contributed by atoms with Gasteiger partial charge in [0.1, 0.15) is 5.56 Å². The van der Waals surface area contributed by atoms with E-state index in [-0.39, 0.29) is 5.91 Å². The van der Waals surface area contributed by atoms with Gasteiger partial charge < -0.3 is 9.64 Å². The van der Waals surface area contributed by atoms with E-state index in [1.165, 1.54) is 13.5 Å². The Hall–Kier alpha value is -1.10. The summed E-state index contributed by atoms with van der Waals surface area (Å²) in [5.74, 6) is 0.422. The molecule has 1 aromatic rings. The van der Waals surface area contributed by atoms with Crippen LogP contribution in [0, 0.1) is 0 Å². The van der Waals surface area contributed by atoms with Gasteiger partial charge in [0, 0.05) is 24.1 Å². The van der Waals surface area contributed by atoms with E-state index in [4.69, 9.17) is 4.74 Å². The van der Waals surface area contributed by atoms with Gasteiger partial charge in [-0.2, -0.15) is 0 Å². The largest absolute Gasteiger partial charge is 0.480 e. The molecule has 0 N–H and O–H groups in total. The first kappa shape index (κ1) is 13.3.